The summed E-state index contributed by atoms with van der Waals surface area (Å²) in [4.78, 5) is 0. The molecule has 1 aromatic carbocycles. The maximum Gasteiger partial charge on any atom is 0.129 e. The van der Waals surface area contributed by atoms with E-state index in [1.54, 1.807) is 12.1 Å². The Morgan fingerprint density at radius 1 is 1.24 bits per heavy atom. The van der Waals surface area contributed by atoms with Gasteiger partial charge in [0.25, 0.3) is 0 Å². The lowest BCUT2D eigenvalue weighted by Crippen LogP contribution is -2.04. The lowest BCUT2D eigenvalue weighted by molar-refractivity contribution is 0.205. The van der Waals surface area contributed by atoms with Crippen LogP contribution in [0.3, 0.4) is 0 Å². The molecule has 1 N–H and O–H groups in total. The van der Waals surface area contributed by atoms with Crippen LogP contribution in [0.1, 0.15) is 49.3 Å². The summed E-state index contributed by atoms with van der Waals surface area (Å²) in [7, 11) is 0. The SMILES string of the molecule is Cc1ccc(F)c(C(O)C2=CCCCCC2)c1. The first-order chi connectivity index (χ1) is 8.18. The Balaban J connectivity index is 2.26. The molecule has 0 saturated carbocycles. The lowest BCUT2D eigenvalue weighted by atomic mass is 9.96. The Morgan fingerprint density at radius 2 is 2.06 bits per heavy atom. The van der Waals surface area contributed by atoms with Gasteiger partial charge in [0, 0.05) is 5.56 Å². The van der Waals surface area contributed by atoms with Crippen LogP contribution in [-0.2, 0) is 0 Å². The van der Waals surface area contributed by atoms with Crippen molar-refractivity contribution >= 4 is 0 Å². The van der Waals surface area contributed by atoms with E-state index in [4.69, 9.17) is 0 Å². The quantitative estimate of drug-likeness (QED) is 0.765. The van der Waals surface area contributed by atoms with E-state index in [2.05, 4.69) is 6.08 Å². The zero-order chi connectivity index (χ0) is 12.3. The molecule has 0 heterocycles. The number of aliphatic hydroxyl groups is 1. The number of hydrogen-bond donors (Lipinski definition) is 1. The first-order valence-corrected chi connectivity index (χ1v) is 6.31. The molecule has 0 aromatic heterocycles. The van der Waals surface area contributed by atoms with Crippen molar-refractivity contribution in [3.05, 3.63) is 46.8 Å². The number of benzene rings is 1. The van der Waals surface area contributed by atoms with E-state index in [0.29, 0.717) is 5.56 Å². The summed E-state index contributed by atoms with van der Waals surface area (Å²) < 4.78 is 13.7. The van der Waals surface area contributed by atoms with E-state index in [1.807, 2.05) is 6.92 Å². The van der Waals surface area contributed by atoms with Crippen LogP contribution in [0.15, 0.2) is 29.8 Å². The maximum atomic E-state index is 13.7. The third-order valence-electron chi connectivity index (χ3n) is 3.37. The van der Waals surface area contributed by atoms with Crippen molar-refractivity contribution in [2.75, 3.05) is 0 Å². The summed E-state index contributed by atoms with van der Waals surface area (Å²) in [5, 5.41) is 10.3. The van der Waals surface area contributed by atoms with Crippen molar-refractivity contribution in [3.8, 4) is 0 Å². The first kappa shape index (κ1) is 12.3. The predicted molar refractivity (Wildman–Crippen MR) is 67.3 cm³/mol. The van der Waals surface area contributed by atoms with Gasteiger partial charge in [-0.05, 0) is 44.2 Å². The second-order valence-corrected chi connectivity index (χ2v) is 4.81. The van der Waals surface area contributed by atoms with E-state index < -0.39 is 6.10 Å². The number of halogens is 1. The van der Waals surface area contributed by atoms with Crippen molar-refractivity contribution in [2.24, 2.45) is 0 Å². The van der Waals surface area contributed by atoms with Crippen LogP contribution in [0.2, 0.25) is 0 Å². The van der Waals surface area contributed by atoms with Crippen LogP contribution in [0.4, 0.5) is 4.39 Å². The number of hydrogen-bond acceptors (Lipinski definition) is 1. The molecule has 0 aliphatic heterocycles. The van der Waals surface area contributed by atoms with E-state index in [-0.39, 0.29) is 5.82 Å². The second kappa shape index (κ2) is 5.46. The van der Waals surface area contributed by atoms with Gasteiger partial charge in [-0.2, -0.15) is 0 Å². The maximum absolute atomic E-state index is 13.7. The molecule has 1 aliphatic rings. The van der Waals surface area contributed by atoms with E-state index in [9.17, 15) is 9.50 Å². The highest BCUT2D eigenvalue weighted by Crippen LogP contribution is 2.30. The molecule has 0 saturated heterocycles. The van der Waals surface area contributed by atoms with Crippen molar-refractivity contribution < 1.29 is 9.50 Å². The number of allylic oxidation sites excluding steroid dienone is 1. The molecule has 2 rings (SSSR count). The molecular weight excluding hydrogens is 215 g/mol. The standard InChI is InChI=1S/C15H19FO/c1-11-8-9-14(16)13(10-11)15(17)12-6-4-2-3-5-7-12/h6,8-10,15,17H,2-5,7H2,1H3. The Kier molecular flexibility index (Phi) is 3.95. The highest BCUT2D eigenvalue weighted by molar-refractivity contribution is 5.31. The van der Waals surface area contributed by atoms with Gasteiger partial charge in [0.05, 0.1) is 0 Å². The molecule has 1 aliphatic carbocycles. The van der Waals surface area contributed by atoms with Crippen molar-refractivity contribution in [3.63, 3.8) is 0 Å². The molecular formula is C15H19FO. The predicted octanol–water partition coefficient (Wildman–Crippen LogP) is 4.06. The highest BCUT2D eigenvalue weighted by Gasteiger charge is 2.18. The molecule has 0 radical (unpaired) electrons. The smallest absolute Gasteiger partial charge is 0.129 e. The van der Waals surface area contributed by atoms with Gasteiger partial charge in [-0.25, -0.2) is 4.39 Å². The zero-order valence-corrected chi connectivity index (χ0v) is 10.2. The third-order valence-corrected chi connectivity index (χ3v) is 3.37. The van der Waals surface area contributed by atoms with Crippen LogP contribution in [0.25, 0.3) is 0 Å². The summed E-state index contributed by atoms with van der Waals surface area (Å²) in [5.41, 5.74) is 2.37. The zero-order valence-electron chi connectivity index (χ0n) is 10.2. The molecule has 92 valence electrons. The molecule has 1 nitrogen and oxygen atoms in total. The van der Waals surface area contributed by atoms with Crippen molar-refractivity contribution in [1.82, 2.24) is 0 Å². The average Bonchev–Trinajstić information content (AvgIpc) is 2.60. The minimum absolute atomic E-state index is 0.312. The first-order valence-electron chi connectivity index (χ1n) is 6.31. The average molecular weight is 234 g/mol. The fourth-order valence-electron chi connectivity index (χ4n) is 2.36. The highest BCUT2D eigenvalue weighted by atomic mass is 19.1. The summed E-state index contributed by atoms with van der Waals surface area (Å²) in [5.74, 6) is -0.312. The monoisotopic (exact) mass is 234 g/mol. The van der Waals surface area contributed by atoms with Crippen LogP contribution in [-0.4, -0.2) is 5.11 Å². The Morgan fingerprint density at radius 3 is 2.88 bits per heavy atom. The molecule has 1 atom stereocenters. The van der Waals surface area contributed by atoms with Gasteiger partial charge in [0.2, 0.25) is 0 Å². The van der Waals surface area contributed by atoms with Crippen molar-refractivity contribution in [1.29, 1.82) is 0 Å². The normalized spacial score (nSPS) is 18.4. The van der Waals surface area contributed by atoms with Gasteiger partial charge in [0.1, 0.15) is 11.9 Å². The summed E-state index contributed by atoms with van der Waals surface area (Å²) in [6.07, 6.45) is 6.66. The molecule has 0 spiro atoms. The fraction of sp³-hybridized carbons (Fsp3) is 0.467. The number of aliphatic hydroxyl groups excluding tert-OH is 1. The number of aryl methyl sites for hydroxylation is 1. The van der Waals surface area contributed by atoms with Crippen LogP contribution >= 0.6 is 0 Å². The van der Waals surface area contributed by atoms with Crippen LogP contribution in [0.5, 0.6) is 0 Å². The number of rotatable bonds is 2. The van der Waals surface area contributed by atoms with Crippen LogP contribution < -0.4 is 0 Å². The Labute approximate surface area is 102 Å². The van der Waals surface area contributed by atoms with Gasteiger partial charge in [-0.15, -0.1) is 0 Å². The van der Waals surface area contributed by atoms with Gasteiger partial charge in [0.15, 0.2) is 0 Å². The molecule has 1 aromatic rings. The lowest BCUT2D eigenvalue weighted by Gasteiger charge is -2.16. The molecule has 0 bridgehead atoms. The van der Waals surface area contributed by atoms with E-state index in [0.717, 1.165) is 30.4 Å². The Bertz CT molecular complexity index is 423. The summed E-state index contributed by atoms with van der Waals surface area (Å²) in [6, 6.07) is 4.91. The van der Waals surface area contributed by atoms with Gasteiger partial charge in [-0.3, -0.25) is 0 Å². The van der Waals surface area contributed by atoms with E-state index >= 15 is 0 Å². The van der Waals surface area contributed by atoms with E-state index in [1.165, 1.54) is 18.9 Å². The minimum Gasteiger partial charge on any atom is -0.384 e. The summed E-state index contributed by atoms with van der Waals surface area (Å²) in [6.45, 7) is 1.91. The van der Waals surface area contributed by atoms with Crippen LogP contribution in [0, 0.1) is 12.7 Å². The van der Waals surface area contributed by atoms with Gasteiger partial charge in [-0.1, -0.05) is 30.2 Å². The third kappa shape index (κ3) is 2.95. The van der Waals surface area contributed by atoms with Gasteiger partial charge >= 0.3 is 0 Å². The second-order valence-electron chi connectivity index (χ2n) is 4.81. The molecule has 0 fully saturated rings. The topological polar surface area (TPSA) is 20.2 Å². The van der Waals surface area contributed by atoms with Crippen molar-refractivity contribution in [2.45, 2.75) is 45.1 Å². The molecule has 1 unspecified atom stereocenters. The summed E-state index contributed by atoms with van der Waals surface area (Å²) >= 11 is 0. The molecule has 2 heteroatoms. The largest absolute Gasteiger partial charge is 0.384 e. The Hall–Kier alpha value is -1.15. The fourth-order valence-corrected chi connectivity index (χ4v) is 2.36. The van der Waals surface area contributed by atoms with Gasteiger partial charge < -0.3 is 5.11 Å². The molecule has 17 heavy (non-hydrogen) atoms. The minimum atomic E-state index is -0.770. The molecule has 0 amide bonds.